The number of allylic oxidation sites excluding steroid dienone is 1. The van der Waals surface area contributed by atoms with Gasteiger partial charge in [0.1, 0.15) is 17.4 Å². The Morgan fingerprint density at radius 2 is 2.05 bits per heavy atom. The third kappa shape index (κ3) is 2.02. The molecule has 0 aliphatic carbocycles. The smallest absolute Gasteiger partial charge is 0.366 e. The summed E-state index contributed by atoms with van der Waals surface area (Å²) in [5.41, 5.74) is -0.227. The van der Waals surface area contributed by atoms with Crippen LogP contribution in [0.5, 0.6) is 0 Å². The number of aromatic amines is 1. The van der Waals surface area contributed by atoms with Gasteiger partial charge in [-0.3, -0.25) is 25.0 Å². The molecule has 0 aromatic carbocycles. The van der Waals surface area contributed by atoms with E-state index in [1.54, 1.807) is 0 Å². The Kier molecular flexibility index (Phi) is 3.26. The standard InChI is InChI=1S/C11H11N3O6/c1-5(15)8-6(2)20-11(14(18)19)9(8)10-7(13(16)17)3-4-12-10/h3-4,9,11-12H,1-2H3. The van der Waals surface area contributed by atoms with Gasteiger partial charge in [0, 0.05) is 12.3 Å². The summed E-state index contributed by atoms with van der Waals surface area (Å²) >= 11 is 0. The number of ether oxygens (including phenoxy) is 1. The molecule has 9 nitrogen and oxygen atoms in total. The lowest BCUT2D eigenvalue weighted by Crippen LogP contribution is -2.28. The summed E-state index contributed by atoms with van der Waals surface area (Å²) in [7, 11) is 0. The summed E-state index contributed by atoms with van der Waals surface area (Å²) in [5.74, 6) is -1.41. The summed E-state index contributed by atoms with van der Waals surface area (Å²) in [6, 6.07) is 1.19. The Hall–Kier alpha value is -2.71. The average molecular weight is 281 g/mol. The highest BCUT2D eigenvalue weighted by Gasteiger charge is 2.49. The first-order valence-electron chi connectivity index (χ1n) is 5.68. The zero-order valence-corrected chi connectivity index (χ0v) is 10.7. The third-order valence-electron chi connectivity index (χ3n) is 3.12. The van der Waals surface area contributed by atoms with Gasteiger partial charge in [-0.25, -0.2) is 0 Å². The van der Waals surface area contributed by atoms with Crippen LogP contribution < -0.4 is 0 Å². The lowest BCUT2D eigenvalue weighted by Gasteiger charge is -2.12. The molecule has 0 saturated heterocycles. The van der Waals surface area contributed by atoms with E-state index in [2.05, 4.69) is 4.98 Å². The van der Waals surface area contributed by atoms with Crippen molar-refractivity contribution in [3.05, 3.63) is 49.5 Å². The Morgan fingerprint density at radius 1 is 1.40 bits per heavy atom. The normalized spacial score (nSPS) is 21.7. The van der Waals surface area contributed by atoms with E-state index in [4.69, 9.17) is 4.74 Å². The molecule has 1 aromatic rings. The van der Waals surface area contributed by atoms with Crippen LogP contribution in [0, 0.1) is 20.2 Å². The molecule has 2 rings (SSSR count). The number of hydrogen-bond acceptors (Lipinski definition) is 6. The van der Waals surface area contributed by atoms with Crippen LogP contribution in [-0.4, -0.2) is 26.8 Å². The Balaban J connectivity index is 2.59. The Bertz CT molecular complexity index is 632. The molecule has 2 heterocycles. The molecule has 0 radical (unpaired) electrons. The third-order valence-corrected chi connectivity index (χ3v) is 3.12. The maximum atomic E-state index is 11.7. The highest BCUT2D eigenvalue weighted by atomic mass is 16.7. The predicted octanol–water partition coefficient (Wildman–Crippen LogP) is 1.50. The molecule has 0 fully saturated rings. The number of Topliss-reactive ketones (excluding diaryl/α,β-unsaturated/α-hetero) is 1. The van der Waals surface area contributed by atoms with Gasteiger partial charge >= 0.3 is 6.23 Å². The van der Waals surface area contributed by atoms with E-state index in [1.807, 2.05) is 0 Å². The van der Waals surface area contributed by atoms with Gasteiger partial charge in [0.2, 0.25) is 0 Å². The second-order valence-corrected chi connectivity index (χ2v) is 4.33. The van der Waals surface area contributed by atoms with Crippen molar-refractivity contribution in [1.29, 1.82) is 0 Å². The second-order valence-electron chi connectivity index (χ2n) is 4.33. The molecule has 106 valence electrons. The molecule has 9 heteroatoms. The molecule has 1 aliphatic rings. The van der Waals surface area contributed by atoms with Crippen molar-refractivity contribution < 1.29 is 19.4 Å². The summed E-state index contributed by atoms with van der Waals surface area (Å²) in [5, 5.41) is 22.0. The van der Waals surface area contributed by atoms with Crippen LogP contribution in [0.25, 0.3) is 0 Å². The number of nitrogens with one attached hydrogen (secondary N) is 1. The highest BCUT2D eigenvalue weighted by molar-refractivity contribution is 5.96. The molecule has 0 spiro atoms. The molecule has 0 saturated carbocycles. The summed E-state index contributed by atoms with van der Waals surface area (Å²) in [4.78, 5) is 34.9. The first-order chi connectivity index (χ1) is 9.34. The van der Waals surface area contributed by atoms with Crippen molar-refractivity contribution in [1.82, 2.24) is 4.98 Å². The van der Waals surface area contributed by atoms with E-state index in [0.717, 1.165) is 0 Å². The van der Waals surface area contributed by atoms with E-state index < -0.39 is 27.8 Å². The largest absolute Gasteiger partial charge is 0.434 e. The minimum atomic E-state index is -1.55. The van der Waals surface area contributed by atoms with Crippen molar-refractivity contribution in [2.75, 3.05) is 0 Å². The lowest BCUT2D eigenvalue weighted by molar-refractivity contribution is -0.570. The quantitative estimate of drug-likeness (QED) is 0.657. The van der Waals surface area contributed by atoms with Gasteiger partial charge in [-0.2, -0.15) is 0 Å². The highest BCUT2D eigenvalue weighted by Crippen LogP contribution is 2.42. The SMILES string of the molecule is CC(=O)C1=C(C)OC([N+](=O)[O-])C1c1[nH]ccc1[N+](=O)[O-]. The van der Waals surface area contributed by atoms with Crippen molar-refractivity contribution in [3.8, 4) is 0 Å². The zero-order valence-electron chi connectivity index (χ0n) is 10.7. The summed E-state index contributed by atoms with van der Waals surface area (Å²) in [6.45, 7) is 2.67. The number of nitrogens with zero attached hydrogens (tertiary/aromatic N) is 2. The van der Waals surface area contributed by atoms with Crippen molar-refractivity contribution >= 4 is 11.5 Å². The number of hydrogen-bond donors (Lipinski definition) is 1. The predicted molar refractivity (Wildman–Crippen MR) is 65.4 cm³/mol. The van der Waals surface area contributed by atoms with Crippen LogP contribution in [0.2, 0.25) is 0 Å². The fourth-order valence-corrected chi connectivity index (χ4v) is 2.38. The number of ketones is 1. The number of rotatable bonds is 4. The van der Waals surface area contributed by atoms with Crippen molar-refractivity contribution in [2.45, 2.75) is 26.0 Å². The molecule has 20 heavy (non-hydrogen) atoms. The van der Waals surface area contributed by atoms with Crippen LogP contribution in [0.1, 0.15) is 25.5 Å². The molecule has 1 N–H and O–H groups in total. The van der Waals surface area contributed by atoms with E-state index in [9.17, 15) is 25.0 Å². The van der Waals surface area contributed by atoms with Gasteiger partial charge in [0.05, 0.1) is 15.4 Å². The zero-order chi connectivity index (χ0) is 15.0. The fourth-order valence-electron chi connectivity index (χ4n) is 2.38. The van der Waals surface area contributed by atoms with Crippen molar-refractivity contribution in [2.24, 2.45) is 0 Å². The average Bonchev–Trinajstić information content (AvgIpc) is 2.91. The minimum Gasteiger partial charge on any atom is -0.434 e. The van der Waals surface area contributed by atoms with E-state index in [-0.39, 0.29) is 22.7 Å². The van der Waals surface area contributed by atoms with Gasteiger partial charge in [-0.1, -0.05) is 0 Å². The lowest BCUT2D eigenvalue weighted by atomic mass is 9.92. The van der Waals surface area contributed by atoms with E-state index in [0.29, 0.717) is 0 Å². The molecule has 1 aromatic heterocycles. The molecule has 0 bridgehead atoms. The monoisotopic (exact) mass is 281 g/mol. The topological polar surface area (TPSA) is 128 Å². The minimum absolute atomic E-state index is 0.00116. The maximum Gasteiger partial charge on any atom is 0.366 e. The number of carbonyl (C=O) groups is 1. The number of carbonyl (C=O) groups excluding carboxylic acids is 1. The number of nitro groups is 2. The van der Waals surface area contributed by atoms with E-state index >= 15 is 0 Å². The van der Waals surface area contributed by atoms with Crippen LogP contribution in [0.4, 0.5) is 5.69 Å². The van der Waals surface area contributed by atoms with Crippen LogP contribution in [-0.2, 0) is 9.53 Å². The van der Waals surface area contributed by atoms with Crippen molar-refractivity contribution in [3.63, 3.8) is 0 Å². The fraction of sp³-hybridized carbons (Fsp3) is 0.364. The summed E-state index contributed by atoms with van der Waals surface area (Å²) < 4.78 is 5.08. The molecular weight excluding hydrogens is 270 g/mol. The van der Waals surface area contributed by atoms with Crippen LogP contribution >= 0.6 is 0 Å². The van der Waals surface area contributed by atoms with Gasteiger partial charge in [0.15, 0.2) is 5.78 Å². The van der Waals surface area contributed by atoms with Gasteiger partial charge in [-0.05, 0) is 13.8 Å². The number of aromatic nitrogens is 1. The molecule has 0 amide bonds. The van der Waals surface area contributed by atoms with E-state index in [1.165, 1.54) is 26.1 Å². The summed E-state index contributed by atoms with van der Waals surface area (Å²) in [6.07, 6.45) is -0.248. The first kappa shape index (κ1) is 13.7. The number of H-pyrrole nitrogens is 1. The molecule has 2 atom stereocenters. The van der Waals surface area contributed by atoms with Gasteiger partial charge < -0.3 is 9.72 Å². The first-order valence-corrected chi connectivity index (χ1v) is 5.68. The molecule has 2 unspecified atom stereocenters. The maximum absolute atomic E-state index is 11.7. The van der Waals surface area contributed by atoms with Crippen LogP contribution in [0.3, 0.4) is 0 Å². The van der Waals surface area contributed by atoms with Gasteiger partial charge in [-0.15, -0.1) is 0 Å². The van der Waals surface area contributed by atoms with Crippen LogP contribution in [0.15, 0.2) is 23.6 Å². The molecular formula is C11H11N3O6. The Labute approximate surface area is 112 Å². The second kappa shape index (κ2) is 4.76. The Morgan fingerprint density at radius 3 is 2.55 bits per heavy atom. The molecule has 1 aliphatic heterocycles. The van der Waals surface area contributed by atoms with Gasteiger partial charge in [0.25, 0.3) is 5.69 Å².